The summed E-state index contributed by atoms with van der Waals surface area (Å²) in [5.41, 5.74) is 4.39. The summed E-state index contributed by atoms with van der Waals surface area (Å²) in [6, 6.07) is 18.9. The van der Waals surface area contributed by atoms with E-state index in [9.17, 15) is 13.2 Å². The molecule has 1 aliphatic rings. The maximum atomic E-state index is 12.8. The Morgan fingerprint density at radius 2 is 1.71 bits per heavy atom. The highest BCUT2D eigenvalue weighted by atomic mass is 35.5. The number of hydrogen-bond donors (Lipinski definition) is 2. The van der Waals surface area contributed by atoms with E-state index in [0.717, 1.165) is 18.4 Å². The summed E-state index contributed by atoms with van der Waals surface area (Å²) in [6.45, 7) is 1.92. The molecule has 0 radical (unpaired) electrons. The Balaban J connectivity index is 1.54. The molecule has 3 aromatic rings. The molecule has 160 valence electrons. The molecule has 1 atom stereocenters. The van der Waals surface area contributed by atoms with Crippen LogP contribution in [0.3, 0.4) is 0 Å². The Bertz CT molecular complexity index is 1230. The van der Waals surface area contributed by atoms with E-state index < -0.39 is 10.0 Å². The van der Waals surface area contributed by atoms with Gasteiger partial charge in [-0.15, -0.1) is 0 Å². The third-order valence-electron chi connectivity index (χ3n) is 5.48. The topological polar surface area (TPSA) is 75.3 Å². The van der Waals surface area contributed by atoms with Crippen LogP contribution in [0, 0.1) is 0 Å². The molecule has 5 nitrogen and oxygen atoms in total. The number of halogens is 1. The maximum absolute atomic E-state index is 12.8. The molecule has 1 aliphatic carbocycles. The van der Waals surface area contributed by atoms with Crippen LogP contribution >= 0.6 is 11.6 Å². The lowest BCUT2D eigenvalue weighted by Gasteiger charge is -2.16. The van der Waals surface area contributed by atoms with Crippen molar-refractivity contribution in [1.29, 1.82) is 0 Å². The van der Waals surface area contributed by atoms with Crippen LogP contribution < -0.4 is 10.0 Å². The van der Waals surface area contributed by atoms with Crippen molar-refractivity contribution in [2.45, 2.75) is 37.1 Å². The predicted octanol–water partition coefficient (Wildman–Crippen LogP) is 5.12. The number of sulfonamides is 1. The monoisotopic (exact) mass is 454 g/mol. The highest BCUT2D eigenvalue weighted by molar-refractivity contribution is 7.92. The van der Waals surface area contributed by atoms with E-state index in [1.165, 1.54) is 35.7 Å². The third kappa shape index (κ3) is 4.75. The Labute approximate surface area is 187 Å². The number of nitrogens with one attached hydrogen (secondary N) is 2. The van der Waals surface area contributed by atoms with Gasteiger partial charge in [0.1, 0.15) is 4.90 Å². The molecule has 7 heteroatoms. The van der Waals surface area contributed by atoms with E-state index in [1.807, 2.05) is 13.0 Å². The second kappa shape index (κ2) is 8.73. The summed E-state index contributed by atoms with van der Waals surface area (Å²) in [7, 11) is -3.95. The van der Waals surface area contributed by atoms with Crippen LogP contribution in [0.25, 0.3) is 0 Å². The molecule has 0 unspecified atom stereocenters. The van der Waals surface area contributed by atoms with E-state index in [4.69, 9.17) is 11.6 Å². The molecule has 0 fully saturated rings. The summed E-state index contributed by atoms with van der Waals surface area (Å²) in [6.07, 6.45) is 3.34. The quantitative estimate of drug-likeness (QED) is 0.542. The first kappa shape index (κ1) is 21.4. The maximum Gasteiger partial charge on any atom is 0.263 e. The molecule has 1 amide bonds. The Hall–Kier alpha value is -2.83. The number of carbonyl (C=O) groups excluding carboxylic acids is 1. The summed E-state index contributed by atoms with van der Waals surface area (Å²) in [5, 5.41) is 3.00. The minimum Gasteiger partial charge on any atom is -0.346 e. The van der Waals surface area contributed by atoms with Gasteiger partial charge in [-0.1, -0.05) is 48.0 Å². The number of benzene rings is 3. The Morgan fingerprint density at radius 3 is 2.48 bits per heavy atom. The highest BCUT2D eigenvalue weighted by Crippen LogP contribution is 2.27. The average molecular weight is 455 g/mol. The zero-order valence-corrected chi connectivity index (χ0v) is 18.6. The van der Waals surface area contributed by atoms with Gasteiger partial charge in [0.15, 0.2) is 0 Å². The van der Waals surface area contributed by atoms with Crippen molar-refractivity contribution in [1.82, 2.24) is 5.32 Å². The molecule has 0 saturated heterocycles. The SMILES string of the molecule is C[C@@H](NC(=O)c1ccc(Cl)c(S(=O)(=O)Nc2ccccc2)c1)c1ccc2c(c1)CCC2. The van der Waals surface area contributed by atoms with Gasteiger partial charge in [-0.25, -0.2) is 8.42 Å². The average Bonchev–Trinajstić information content (AvgIpc) is 3.22. The fourth-order valence-electron chi connectivity index (χ4n) is 3.79. The molecule has 0 heterocycles. The van der Waals surface area contributed by atoms with E-state index in [-0.39, 0.29) is 27.4 Å². The first-order valence-electron chi connectivity index (χ1n) is 10.1. The molecular formula is C24H23ClN2O3S. The van der Waals surface area contributed by atoms with Crippen LogP contribution in [0.15, 0.2) is 71.6 Å². The molecule has 0 saturated carbocycles. The van der Waals surface area contributed by atoms with Crippen molar-refractivity contribution in [3.63, 3.8) is 0 Å². The second-order valence-electron chi connectivity index (χ2n) is 7.69. The van der Waals surface area contributed by atoms with E-state index >= 15 is 0 Å². The molecular weight excluding hydrogens is 432 g/mol. The van der Waals surface area contributed by atoms with Crippen LogP contribution in [0.2, 0.25) is 5.02 Å². The van der Waals surface area contributed by atoms with Gasteiger partial charge in [0.05, 0.1) is 11.1 Å². The van der Waals surface area contributed by atoms with E-state index in [1.54, 1.807) is 30.3 Å². The van der Waals surface area contributed by atoms with Gasteiger partial charge in [0, 0.05) is 11.3 Å². The summed E-state index contributed by atoms with van der Waals surface area (Å²) >= 11 is 6.16. The lowest BCUT2D eigenvalue weighted by Crippen LogP contribution is -2.27. The van der Waals surface area contributed by atoms with Crippen LogP contribution in [-0.4, -0.2) is 14.3 Å². The zero-order valence-electron chi connectivity index (χ0n) is 17.1. The van der Waals surface area contributed by atoms with Gasteiger partial charge < -0.3 is 5.32 Å². The number of amides is 1. The fourth-order valence-corrected chi connectivity index (χ4v) is 5.38. The highest BCUT2D eigenvalue weighted by Gasteiger charge is 2.21. The normalized spacial score (nSPS) is 14.0. The second-order valence-corrected chi connectivity index (χ2v) is 9.75. The zero-order chi connectivity index (χ0) is 22.0. The van der Waals surface area contributed by atoms with E-state index in [2.05, 4.69) is 22.2 Å². The minimum absolute atomic E-state index is 0.0478. The van der Waals surface area contributed by atoms with Crippen molar-refractivity contribution >= 4 is 33.2 Å². The molecule has 0 spiro atoms. The van der Waals surface area contributed by atoms with Crippen molar-refractivity contribution in [2.75, 3.05) is 4.72 Å². The van der Waals surface area contributed by atoms with Crippen molar-refractivity contribution in [3.05, 3.63) is 94.0 Å². The van der Waals surface area contributed by atoms with Crippen molar-refractivity contribution in [2.24, 2.45) is 0 Å². The molecule has 0 aliphatic heterocycles. The van der Waals surface area contributed by atoms with Gasteiger partial charge in [0.25, 0.3) is 15.9 Å². The lowest BCUT2D eigenvalue weighted by molar-refractivity contribution is 0.0939. The molecule has 0 aromatic heterocycles. The summed E-state index contributed by atoms with van der Waals surface area (Å²) < 4.78 is 28.1. The fraction of sp³-hybridized carbons (Fsp3) is 0.208. The van der Waals surface area contributed by atoms with Crippen LogP contribution in [0.1, 0.15) is 46.4 Å². The summed E-state index contributed by atoms with van der Waals surface area (Å²) in [5.74, 6) is -0.360. The van der Waals surface area contributed by atoms with Crippen molar-refractivity contribution < 1.29 is 13.2 Å². The first-order chi connectivity index (χ1) is 14.8. The molecule has 31 heavy (non-hydrogen) atoms. The predicted molar refractivity (Wildman–Crippen MR) is 123 cm³/mol. The van der Waals surface area contributed by atoms with Gasteiger partial charge in [0.2, 0.25) is 0 Å². The van der Waals surface area contributed by atoms with Gasteiger partial charge in [-0.3, -0.25) is 9.52 Å². The molecule has 3 aromatic carbocycles. The number of fused-ring (bicyclic) bond motifs is 1. The van der Waals surface area contributed by atoms with Gasteiger partial charge in [-0.05, 0) is 73.2 Å². The van der Waals surface area contributed by atoms with Crippen LogP contribution in [0.5, 0.6) is 0 Å². The van der Waals surface area contributed by atoms with Crippen LogP contribution in [-0.2, 0) is 22.9 Å². The molecule has 4 rings (SSSR count). The number of para-hydroxylation sites is 1. The molecule has 2 N–H and O–H groups in total. The third-order valence-corrected chi connectivity index (χ3v) is 7.34. The minimum atomic E-state index is -3.95. The van der Waals surface area contributed by atoms with Crippen molar-refractivity contribution in [3.8, 4) is 0 Å². The largest absolute Gasteiger partial charge is 0.346 e. The van der Waals surface area contributed by atoms with E-state index in [0.29, 0.717) is 5.69 Å². The molecule has 0 bridgehead atoms. The number of aryl methyl sites for hydroxylation is 2. The standard InChI is InChI=1S/C24H23ClN2O3S/c1-16(18-11-10-17-6-5-7-19(17)14-18)26-24(28)20-12-13-22(25)23(15-20)31(29,30)27-21-8-3-2-4-9-21/h2-4,8-16,27H,5-7H2,1H3,(H,26,28)/t16-/m1/s1. The Morgan fingerprint density at radius 1 is 0.968 bits per heavy atom. The van der Waals surface area contributed by atoms with Crippen LogP contribution in [0.4, 0.5) is 5.69 Å². The Kier molecular flexibility index (Phi) is 6.03. The van der Waals surface area contributed by atoms with Gasteiger partial charge >= 0.3 is 0 Å². The smallest absolute Gasteiger partial charge is 0.263 e. The number of anilines is 1. The van der Waals surface area contributed by atoms with Gasteiger partial charge in [-0.2, -0.15) is 0 Å². The number of carbonyl (C=O) groups is 1. The lowest BCUT2D eigenvalue weighted by atomic mass is 10.0. The number of hydrogen-bond acceptors (Lipinski definition) is 3. The summed E-state index contributed by atoms with van der Waals surface area (Å²) in [4.78, 5) is 12.7. The first-order valence-corrected chi connectivity index (χ1v) is 12.0. The number of rotatable bonds is 6.